The van der Waals surface area contributed by atoms with E-state index in [2.05, 4.69) is 0 Å². The van der Waals surface area contributed by atoms with Crippen molar-refractivity contribution >= 4 is 11.8 Å². The van der Waals surface area contributed by atoms with Crippen LogP contribution in [0.2, 0.25) is 0 Å². The molecule has 18 heavy (non-hydrogen) atoms. The van der Waals surface area contributed by atoms with E-state index < -0.39 is 0 Å². The Balaban J connectivity index is 0.000000771. The number of likely N-dealkylation sites (tertiary alicyclic amines) is 2. The Kier molecular flexibility index (Phi) is 6.76. The van der Waals surface area contributed by atoms with E-state index in [0.717, 1.165) is 51.7 Å². The Bertz CT molecular complexity index is 273. The lowest BCUT2D eigenvalue weighted by molar-refractivity contribution is -0.139. The molecule has 104 valence electrons. The van der Waals surface area contributed by atoms with Gasteiger partial charge < -0.3 is 9.80 Å². The lowest BCUT2D eigenvalue weighted by Crippen LogP contribution is -2.41. The van der Waals surface area contributed by atoms with E-state index >= 15 is 0 Å². The highest BCUT2D eigenvalue weighted by Crippen LogP contribution is 2.13. The van der Waals surface area contributed by atoms with Gasteiger partial charge in [0.05, 0.1) is 6.54 Å². The summed E-state index contributed by atoms with van der Waals surface area (Å²) in [6.45, 7) is 6.82. The van der Waals surface area contributed by atoms with Gasteiger partial charge in [-0.15, -0.1) is 0 Å². The molecule has 2 aliphatic heterocycles. The normalized spacial score (nSPS) is 20.2. The topological polar surface area (TPSA) is 40.6 Å². The summed E-state index contributed by atoms with van der Waals surface area (Å²) < 4.78 is 0. The van der Waals surface area contributed by atoms with Gasteiger partial charge in [0.15, 0.2) is 0 Å². The fraction of sp³-hybridized carbons (Fsp3) is 0.857. The van der Waals surface area contributed by atoms with Crippen LogP contribution >= 0.6 is 0 Å². The Morgan fingerprint density at radius 2 is 1.61 bits per heavy atom. The molecular weight excluding hydrogens is 228 g/mol. The molecule has 2 aliphatic rings. The van der Waals surface area contributed by atoms with Crippen molar-refractivity contribution in [3.8, 4) is 0 Å². The monoisotopic (exact) mass is 254 g/mol. The Labute approximate surface area is 110 Å². The number of hydrogen-bond acceptors (Lipinski definition) is 2. The average molecular weight is 254 g/mol. The van der Waals surface area contributed by atoms with Gasteiger partial charge >= 0.3 is 0 Å². The van der Waals surface area contributed by atoms with Crippen LogP contribution in [0.4, 0.5) is 0 Å². The zero-order valence-electron chi connectivity index (χ0n) is 11.8. The van der Waals surface area contributed by atoms with E-state index in [1.165, 1.54) is 0 Å². The summed E-state index contributed by atoms with van der Waals surface area (Å²) in [5, 5.41) is 0. The highest BCUT2D eigenvalue weighted by atomic mass is 16.2. The average Bonchev–Trinajstić information content (AvgIpc) is 2.86. The van der Waals surface area contributed by atoms with Crippen LogP contribution in [-0.4, -0.2) is 47.8 Å². The molecule has 0 spiro atoms. The minimum absolute atomic E-state index is 0.132. The van der Waals surface area contributed by atoms with Crippen molar-refractivity contribution < 1.29 is 9.59 Å². The maximum Gasteiger partial charge on any atom is 0.242 e. The van der Waals surface area contributed by atoms with Crippen molar-refractivity contribution in [1.29, 1.82) is 0 Å². The number of carbonyl (C=O) groups excluding carboxylic acids is 2. The van der Waals surface area contributed by atoms with Crippen LogP contribution in [0.15, 0.2) is 0 Å². The first-order valence-corrected chi connectivity index (χ1v) is 7.33. The third-order valence-electron chi connectivity index (χ3n) is 3.46. The molecule has 0 aromatic heterocycles. The van der Waals surface area contributed by atoms with Crippen LogP contribution < -0.4 is 0 Å². The minimum atomic E-state index is 0.132. The first kappa shape index (κ1) is 15.0. The SMILES string of the molecule is CC.O=C(CN1CCCCCC1=O)N1CCCC1. The molecular formula is C14H26N2O2. The quantitative estimate of drug-likeness (QED) is 0.756. The molecule has 0 saturated carbocycles. The number of amides is 2. The fourth-order valence-electron chi connectivity index (χ4n) is 2.44. The van der Waals surface area contributed by atoms with Crippen LogP contribution in [-0.2, 0) is 9.59 Å². The summed E-state index contributed by atoms with van der Waals surface area (Å²) in [5.41, 5.74) is 0. The molecule has 0 aromatic carbocycles. The summed E-state index contributed by atoms with van der Waals surface area (Å²) >= 11 is 0. The highest BCUT2D eigenvalue weighted by molar-refractivity contribution is 5.85. The van der Waals surface area contributed by atoms with E-state index in [0.29, 0.717) is 13.0 Å². The largest absolute Gasteiger partial charge is 0.341 e. The maximum absolute atomic E-state index is 11.9. The predicted octanol–water partition coefficient (Wildman–Crippen LogP) is 2.04. The lowest BCUT2D eigenvalue weighted by Gasteiger charge is -2.23. The molecule has 4 heteroatoms. The van der Waals surface area contributed by atoms with E-state index in [4.69, 9.17) is 0 Å². The van der Waals surface area contributed by atoms with Gasteiger partial charge in [0.25, 0.3) is 0 Å². The van der Waals surface area contributed by atoms with Gasteiger partial charge in [0.1, 0.15) is 0 Å². The molecule has 4 nitrogen and oxygen atoms in total. The zero-order chi connectivity index (χ0) is 13.4. The van der Waals surface area contributed by atoms with Crippen LogP contribution in [0.5, 0.6) is 0 Å². The van der Waals surface area contributed by atoms with E-state index in [9.17, 15) is 9.59 Å². The fourth-order valence-corrected chi connectivity index (χ4v) is 2.44. The second kappa shape index (κ2) is 8.11. The number of rotatable bonds is 2. The molecule has 2 heterocycles. The Morgan fingerprint density at radius 1 is 1.00 bits per heavy atom. The maximum atomic E-state index is 11.9. The minimum Gasteiger partial charge on any atom is -0.341 e. The molecule has 0 radical (unpaired) electrons. The van der Waals surface area contributed by atoms with Crippen molar-refractivity contribution in [2.45, 2.75) is 52.4 Å². The number of carbonyl (C=O) groups is 2. The molecule has 2 saturated heterocycles. The van der Waals surface area contributed by atoms with Gasteiger partial charge in [-0.05, 0) is 25.7 Å². The van der Waals surface area contributed by atoms with Crippen molar-refractivity contribution in [3.63, 3.8) is 0 Å². The number of nitrogens with zero attached hydrogens (tertiary/aromatic N) is 2. The molecule has 0 N–H and O–H groups in total. The summed E-state index contributed by atoms with van der Waals surface area (Å²) in [7, 11) is 0. The molecule has 2 fully saturated rings. The molecule has 0 unspecified atom stereocenters. The van der Waals surface area contributed by atoms with E-state index in [-0.39, 0.29) is 11.8 Å². The van der Waals surface area contributed by atoms with Crippen molar-refractivity contribution in [2.75, 3.05) is 26.2 Å². The van der Waals surface area contributed by atoms with Crippen LogP contribution in [0.3, 0.4) is 0 Å². The van der Waals surface area contributed by atoms with Gasteiger partial charge in [-0.3, -0.25) is 9.59 Å². The van der Waals surface area contributed by atoms with Crippen molar-refractivity contribution in [1.82, 2.24) is 9.80 Å². The van der Waals surface area contributed by atoms with Gasteiger partial charge in [-0.1, -0.05) is 20.3 Å². The van der Waals surface area contributed by atoms with Crippen LogP contribution in [0, 0.1) is 0 Å². The highest BCUT2D eigenvalue weighted by Gasteiger charge is 2.23. The third kappa shape index (κ3) is 4.31. The van der Waals surface area contributed by atoms with Crippen LogP contribution in [0.1, 0.15) is 52.4 Å². The predicted molar refractivity (Wildman–Crippen MR) is 72.2 cm³/mol. The molecule has 2 amide bonds. The second-order valence-electron chi connectivity index (χ2n) is 4.71. The second-order valence-corrected chi connectivity index (χ2v) is 4.71. The molecule has 2 rings (SSSR count). The van der Waals surface area contributed by atoms with Gasteiger partial charge in [-0.2, -0.15) is 0 Å². The van der Waals surface area contributed by atoms with Gasteiger partial charge in [0, 0.05) is 26.1 Å². The van der Waals surface area contributed by atoms with Crippen molar-refractivity contribution in [2.24, 2.45) is 0 Å². The molecule has 0 atom stereocenters. The molecule has 0 aliphatic carbocycles. The van der Waals surface area contributed by atoms with Crippen molar-refractivity contribution in [3.05, 3.63) is 0 Å². The molecule has 0 aromatic rings. The third-order valence-corrected chi connectivity index (χ3v) is 3.46. The van der Waals surface area contributed by atoms with Crippen LogP contribution in [0.25, 0.3) is 0 Å². The van der Waals surface area contributed by atoms with Gasteiger partial charge in [0.2, 0.25) is 11.8 Å². The lowest BCUT2D eigenvalue weighted by atomic mass is 10.2. The Morgan fingerprint density at radius 3 is 2.28 bits per heavy atom. The first-order chi connectivity index (χ1) is 8.77. The summed E-state index contributed by atoms with van der Waals surface area (Å²) in [5.74, 6) is 0.290. The smallest absolute Gasteiger partial charge is 0.242 e. The van der Waals surface area contributed by atoms with E-state index in [1.807, 2.05) is 18.7 Å². The summed E-state index contributed by atoms with van der Waals surface area (Å²) in [4.78, 5) is 27.3. The Hall–Kier alpha value is -1.06. The number of hydrogen-bond donors (Lipinski definition) is 0. The first-order valence-electron chi connectivity index (χ1n) is 7.33. The zero-order valence-corrected chi connectivity index (χ0v) is 11.8. The summed E-state index contributed by atoms with van der Waals surface area (Å²) in [6.07, 6.45) is 5.97. The standard InChI is InChI=1S/C12H20N2O2.C2H6/c15-11-6-2-1-3-9-14(11)10-12(16)13-7-4-5-8-13;1-2/h1-10H2;1-2H3. The van der Waals surface area contributed by atoms with E-state index in [1.54, 1.807) is 4.90 Å². The summed E-state index contributed by atoms with van der Waals surface area (Å²) in [6, 6.07) is 0. The molecule has 0 bridgehead atoms. The van der Waals surface area contributed by atoms with Gasteiger partial charge in [-0.25, -0.2) is 0 Å².